The van der Waals surface area contributed by atoms with E-state index in [9.17, 15) is 4.39 Å². The van der Waals surface area contributed by atoms with Crippen LogP contribution in [0.1, 0.15) is 18.4 Å². The molecule has 0 amide bonds. The zero-order valence-corrected chi connectivity index (χ0v) is 7.92. The third kappa shape index (κ3) is 3.05. The highest BCUT2D eigenvalue weighted by molar-refractivity contribution is 5.33. The molecular weight excluding hydrogens is 167 g/mol. The van der Waals surface area contributed by atoms with E-state index in [2.05, 4.69) is 0 Å². The molecule has 2 heteroatoms. The number of hydrogen-bond acceptors (Lipinski definition) is 1. The van der Waals surface area contributed by atoms with Crippen LogP contribution in [-0.4, -0.2) is 13.8 Å². The molecule has 0 aliphatic carbocycles. The van der Waals surface area contributed by atoms with Crippen molar-refractivity contribution in [2.24, 2.45) is 0 Å². The number of ether oxygens (including phenoxy) is 1. The lowest BCUT2D eigenvalue weighted by molar-refractivity contribution is 0.407. The molecule has 0 saturated carbocycles. The van der Waals surface area contributed by atoms with Crippen molar-refractivity contribution >= 4 is 0 Å². The van der Waals surface area contributed by atoms with Crippen LogP contribution >= 0.6 is 0 Å². The molecule has 0 bridgehead atoms. The predicted octanol–water partition coefficient (Wildman–Crippen LogP) is 2.99. The van der Waals surface area contributed by atoms with Gasteiger partial charge >= 0.3 is 0 Å². The Morgan fingerprint density at radius 2 is 2.00 bits per heavy atom. The van der Waals surface area contributed by atoms with E-state index >= 15 is 0 Å². The van der Waals surface area contributed by atoms with E-state index in [0.717, 1.165) is 18.6 Å². The quantitative estimate of drug-likeness (QED) is 0.636. The van der Waals surface area contributed by atoms with Crippen LogP contribution in [0.4, 0.5) is 4.39 Å². The molecule has 0 aliphatic heterocycles. The molecular formula is C11H15FO. The molecule has 0 N–H and O–H groups in total. The van der Waals surface area contributed by atoms with Gasteiger partial charge in [0.1, 0.15) is 5.75 Å². The van der Waals surface area contributed by atoms with E-state index in [0.29, 0.717) is 6.42 Å². The molecule has 1 nitrogen and oxygen atoms in total. The van der Waals surface area contributed by atoms with Crippen LogP contribution < -0.4 is 4.74 Å². The van der Waals surface area contributed by atoms with Crippen molar-refractivity contribution in [1.29, 1.82) is 0 Å². The standard InChI is InChI=1S/C11H15FO/c1-13-11-8-3-2-6-10(11)7-4-5-9-12/h2-3,6,8H,4-5,7,9H2,1H3. The van der Waals surface area contributed by atoms with Crippen LogP contribution in [0.3, 0.4) is 0 Å². The lowest BCUT2D eigenvalue weighted by Gasteiger charge is -2.06. The van der Waals surface area contributed by atoms with Gasteiger partial charge in [0.2, 0.25) is 0 Å². The van der Waals surface area contributed by atoms with Crippen LogP contribution in [0.15, 0.2) is 24.3 Å². The van der Waals surface area contributed by atoms with Gasteiger partial charge in [-0.05, 0) is 30.9 Å². The van der Waals surface area contributed by atoms with E-state index < -0.39 is 0 Å². The number of halogens is 1. The zero-order valence-electron chi connectivity index (χ0n) is 7.92. The summed E-state index contributed by atoms with van der Waals surface area (Å²) in [7, 11) is 1.66. The van der Waals surface area contributed by atoms with Crippen molar-refractivity contribution in [1.82, 2.24) is 0 Å². The summed E-state index contributed by atoms with van der Waals surface area (Å²) in [5, 5.41) is 0. The van der Waals surface area contributed by atoms with Gasteiger partial charge in [0, 0.05) is 0 Å². The summed E-state index contributed by atoms with van der Waals surface area (Å²) >= 11 is 0. The molecule has 1 aromatic rings. The maximum atomic E-state index is 11.8. The first-order chi connectivity index (χ1) is 6.38. The van der Waals surface area contributed by atoms with Gasteiger partial charge < -0.3 is 4.74 Å². The van der Waals surface area contributed by atoms with E-state index in [1.54, 1.807) is 7.11 Å². The van der Waals surface area contributed by atoms with Crippen LogP contribution in [0.5, 0.6) is 5.75 Å². The number of unbranched alkanes of at least 4 members (excludes halogenated alkanes) is 1. The fourth-order valence-corrected chi connectivity index (χ4v) is 1.32. The molecule has 0 fully saturated rings. The largest absolute Gasteiger partial charge is 0.496 e. The first kappa shape index (κ1) is 10.0. The minimum Gasteiger partial charge on any atom is -0.496 e. The Morgan fingerprint density at radius 3 is 2.69 bits per heavy atom. The Labute approximate surface area is 78.5 Å². The van der Waals surface area contributed by atoms with Crippen molar-refractivity contribution in [3.8, 4) is 5.75 Å². The fourth-order valence-electron chi connectivity index (χ4n) is 1.32. The lowest BCUT2D eigenvalue weighted by Crippen LogP contribution is -1.92. The summed E-state index contributed by atoms with van der Waals surface area (Å²) in [6.45, 7) is -0.227. The monoisotopic (exact) mass is 182 g/mol. The summed E-state index contributed by atoms with van der Waals surface area (Å²) in [4.78, 5) is 0. The SMILES string of the molecule is COc1ccccc1CCCCF. The normalized spacial score (nSPS) is 10.0. The van der Waals surface area contributed by atoms with Crippen LogP contribution in [0, 0.1) is 0 Å². The Balaban J connectivity index is 2.54. The third-order valence-corrected chi connectivity index (χ3v) is 2.02. The van der Waals surface area contributed by atoms with Gasteiger partial charge in [0.25, 0.3) is 0 Å². The van der Waals surface area contributed by atoms with E-state index in [1.165, 1.54) is 5.56 Å². The average Bonchev–Trinajstić information content (AvgIpc) is 2.19. The number of para-hydroxylation sites is 1. The fraction of sp³-hybridized carbons (Fsp3) is 0.455. The number of aryl methyl sites for hydroxylation is 1. The number of methoxy groups -OCH3 is 1. The molecule has 72 valence electrons. The van der Waals surface area contributed by atoms with Crippen LogP contribution in [-0.2, 0) is 6.42 Å². The number of hydrogen-bond donors (Lipinski definition) is 0. The molecule has 13 heavy (non-hydrogen) atoms. The zero-order chi connectivity index (χ0) is 9.52. The summed E-state index contributed by atoms with van der Waals surface area (Å²) in [5.74, 6) is 0.904. The first-order valence-electron chi connectivity index (χ1n) is 4.56. The minimum absolute atomic E-state index is 0.227. The second-order valence-corrected chi connectivity index (χ2v) is 2.96. The Bertz CT molecular complexity index is 248. The van der Waals surface area contributed by atoms with Crippen molar-refractivity contribution in [2.75, 3.05) is 13.8 Å². The van der Waals surface area contributed by atoms with E-state index in [4.69, 9.17) is 4.74 Å². The highest BCUT2D eigenvalue weighted by Gasteiger charge is 2.00. The molecule has 0 aromatic heterocycles. The van der Waals surface area contributed by atoms with Gasteiger partial charge in [-0.3, -0.25) is 4.39 Å². The van der Waals surface area contributed by atoms with E-state index in [1.807, 2.05) is 24.3 Å². The van der Waals surface area contributed by atoms with Crippen LogP contribution in [0.2, 0.25) is 0 Å². The first-order valence-corrected chi connectivity index (χ1v) is 4.56. The highest BCUT2D eigenvalue weighted by atomic mass is 19.1. The molecule has 0 atom stereocenters. The predicted molar refractivity (Wildman–Crippen MR) is 51.9 cm³/mol. The molecule has 1 aromatic carbocycles. The minimum atomic E-state index is -0.227. The van der Waals surface area contributed by atoms with Gasteiger partial charge in [0.05, 0.1) is 13.8 Å². The topological polar surface area (TPSA) is 9.23 Å². The second-order valence-electron chi connectivity index (χ2n) is 2.96. The van der Waals surface area contributed by atoms with Gasteiger partial charge in [-0.15, -0.1) is 0 Å². The number of alkyl halides is 1. The lowest BCUT2D eigenvalue weighted by atomic mass is 10.1. The van der Waals surface area contributed by atoms with Crippen molar-refractivity contribution in [2.45, 2.75) is 19.3 Å². The Hall–Kier alpha value is -1.05. The second kappa shape index (κ2) is 5.57. The Morgan fingerprint density at radius 1 is 1.23 bits per heavy atom. The average molecular weight is 182 g/mol. The summed E-state index contributed by atoms with van der Waals surface area (Å²) in [6.07, 6.45) is 2.42. The van der Waals surface area contributed by atoms with Crippen molar-refractivity contribution in [3.63, 3.8) is 0 Å². The summed E-state index contributed by atoms with van der Waals surface area (Å²) in [5.41, 5.74) is 1.17. The molecule has 0 heterocycles. The van der Waals surface area contributed by atoms with Gasteiger partial charge in [-0.2, -0.15) is 0 Å². The Kier molecular flexibility index (Phi) is 4.30. The van der Waals surface area contributed by atoms with Gasteiger partial charge in [-0.25, -0.2) is 0 Å². The van der Waals surface area contributed by atoms with E-state index in [-0.39, 0.29) is 6.67 Å². The third-order valence-electron chi connectivity index (χ3n) is 2.02. The highest BCUT2D eigenvalue weighted by Crippen LogP contribution is 2.19. The molecule has 0 aliphatic rings. The van der Waals surface area contributed by atoms with Gasteiger partial charge in [-0.1, -0.05) is 18.2 Å². The maximum absolute atomic E-state index is 11.8. The van der Waals surface area contributed by atoms with Gasteiger partial charge in [0.15, 0.2) is 0 Å². The molecule has 0 spiro atoms. The molecule has 0 radical (unpaired) electrons. The number of benzene rings is 1. The molecule has 0 saturated heterocycles. The summed E-state index contributed by atoms with van der Waals surface area (Å²) < 4.78 is 17.0. The molecule has 0 unspecified atom stereocenters. The molecule has 1 rings (SSSR count). The maximum Gasteiger partial charge on any atom is 0.122 e. The summed E-state index contributed by atoms with van der Waals surface area (Å²) in [6, 6.07) is 7.88. The van der Waals surface area contributed by atoms with Crippen molar-refractivity contribution in [3.05, 3.63) is 29.8 Å². The smallest absolute Gasteiger partial charge is 0.122 e. The van der Waals surface area contributed by atoms with Crippen LogP contribution in [0.25, 0.3) is 0 Å². The van der Waals surface area contributed by atoms with Crippen molar-refractivity contribution < 1.29 is 9.13 Å². The number of rotatable bonds is 5.